The quantitative estimate of drug-likeness (QED) is 0.0468. The van der Waals surface area contributed by atoms with Crippen LogP contribution in [0.2, 0.25) is 0 Å². The van der Waals surface area contributed by atoms with E-state index in [4.69, 9.17) is 16.9 Å². The Morgan fingerprint density at radius 2 is 1.67 bits per heavy atom. The molecule has 49 heavy (non-hydrogen) atoms. The van der Waals surface area contributed by atoms with Crippen LogP contribution in [0.25, 0.3) is 0 Å². The third kappa shape index (κ3) is 8.61. The number of allylic oxidation sites excluding steroid dienone is 8. The van der Waals surface area contributed by atoms with Crippen LogP contribution in [0.4, 0.5) is 11.4 Å². The summed E-state index contributed by atoms with van der Waals surface area (Å²) in [5.74, 6) is 0.481. The molecule has 5 rings (SSSR count). The van der Waals surface area contributed by atoms with Crippen LogP contribution in [0.15, 0.2) is 94.7 Å². The lowest BCUT2D eigenvalue weighted by Gasteiger charge is -2.27. The van der Waals surface area contributed by atoms with Gasteiger partial charge in [0.05, 0.1) is 11.2 Å². The van der Waals surface area contributed by atoms with Gasteiger partial charge in [-0.1, -0.05) is 79.0 Å². The van der Waals surface area contributed by atoms with E-state index in [-0.39, 0.29) is 16.6 Å². The van der Waals surface area contributed by atoms with Crippen molar-refractivity contribution in [3.05, 3.63) is 106 Å². The Bertz CT molecular complexity index is 1790. The Hall–Kier alpha value is -2.70. The normalized spacial score (nSPS) is 20.3. The standard InChI is InChI=1S/C38H47ClN2O6S2/c1-37(2)30-16-5-7-18-32(30)40(24-9-11-26-48-47-46-42)34(37)22-20-28-14-13-15-29(36(28)39)21-23-35-38(3,4)31-17-6-8-19-33(31)41(35)25-10-12-27-49(43,44)45/h5-8,16-23H,9-15,24-27H2,1-4H3,(H-,42,43,44,45)/p+1. The molecule has 1 aliphatic carbocycles. The predicted molar refractivity (Wildman–Crippen MR) is 200 cm³/mol. The largest absolute Gasteiger partial charge is 0.344 e. The molecule has 0 atom stereocenters. The van der Waals surface area contributed by atoms with Crippen LogP contribution in [-0.2, 0) is 30.3 Å². The number of halogens is 1. The summed E-state index contributed by atoms with van der Waals surface area (Å²) in [5.41, 5.74) is 9.11. The number of hydrogen-bond acceptors (Lipinski definition) is 7. The fraction of sp³-hybridized carbons (Fsp3) is 0.447. The molecule has 0 aromatic heterocycles. The van der Waals surface area contributed by atoms with Crippen LogP contribution in [0, 0.1) is 0 Å². The van der Waals surface area contributed by atoms with Crippen molar-refractivity contribution >= 4 is 50.8 Å². The molecule has 2 N–H and O–H groups in total. The summed E-state index contributed by atoms with van der Waals surface area (Å²) in [7, 11) is -3.98. The zero-order valence-electron chi connectivity index (χ0n) is 28.8. The van der Waals surface area contributed by atoms with E-state index in [2.05, 4.69) is 113 Å². The molecular formula is C38H48ClN2O6S2+. The third-order valence-electron chi connectivity index (χ3n) is 9.91. The molecule has 2 aliphatic heterocycles. The maximum Gasteiger partial charge on any atom is 0.264 e. The highest BCUT2D eigenvalue weighted by Crippen LogP contribution is 2.48. The lowest BCUT2D eigenvalue weighted by atomic mass is 9.81. The molecule has 0 amide bonds. The van der Waals surface area contributed by atoms with Gasteiger partial charge in [-0.2, -0.15) is 13.0 Å². The van der Waals surface area contributed by atoms with Gasteiger partial charge in [0, 0.05) is 70.3 Å². The van der Waals surface area contributed by atoms with E-state index < -0.39 is 10.1 Å². The van der Waals surface area contributed by atoms with Gasteiger partial charge >= 0.3 is 0 Å². The molecule has 2 aromatic rings. The first-order valence-corrected chi connectivity index (χ1v) is 19.9. The van der Waals surface area contributed by atoms with Crippen LogP contribution in [0.3, 0.4) is 0 Å². The van der Waals surface area contributed by atoms with Gasteiger partial charge in [0.1, 0.15) is 6.54 Å². The van der Waals surface area contributed by atoms with Gasteiger partial charge in [-0.15, -0.1) is 4.33 Å². The van der Waals surface area contributed by atoms with E-state index in [0.717, 1.165) is 78.3 Å². The fourth-order valence-electron chi connectivity index (χ4n) is 7.37. The van der Waals surface area contributed by atoms with Crippen molar-refractivity contribution in [3.8, 4) is 0 Å². The Balaban J connectivity index is 1.41. The lowest BCUT2D eigenvalue weighted by molar-refractivity contribution is -0.438. The van der Waals surface area contributed by atoms with E-state index >= 15 is 0 Å². The summed E-state index contributed by atoms with van der Waals surface area (Å²) in [5, 5.41) is 12.9. The van der Waals surface area contributed by atoms with E-state index in [1.807, 2.05) is 6.07 Å². The van der Waals surface area contributed by atoms with Crippen molar-refractivity contribution in [2.45, 2.75) is 83.5 Å². The Morgan fingerprint density at radius 1 is 0.939 bits per heavy atom. The molecule has 0 radical (unpaired) electrons. The Morgan fingerprint density at radius 3 is 2.43 bits per heavy atom. The molecule has 264 valence electrons. The minimum absolute atomic E-state index is 0.172. The third-order valence-corrected chi connectivity index (χ3v) is 11.8. The zero-order chi connectivity index (χ0) is 35.2. The first-order valence-electron chi connectivity index (χ1n) is 17.0. The molecule has 0 unspecified atom stereocenters. The number of rotatable bonds is 15. The monoisotopic (exact) mass is 727 g/mol. The molecule has 2 aromatic carbocycles. The van der Waals surface area contributed by atoms with Crippen molar-refractivity contribution in [2.75, 3.05) is 29.5 Å². The Labute approximate surface area is 300 Å². The predicted octanol–water partition coefficient (Wildman–Crippen LogP) is 9.42. The average molecular weight is 728 g/mol. The number of nitrogens with zero attached hydrogens (tertiary/aromatic N) is 2. The minimum atomic E-state index is -3.98. The SMILES string of the molecule is CC1(C)C(=CC=C2CCCC(C=CC3=[N+](CCCCS(=O)(=O)O)c4ccccc4C3(C)C)=C2Cl)N(CCCCSOOO)c2ccccc21. The summed E-state index contributed by atoms with van der Waals surface area (Å²) in [6.07, 6.45) is 14.5. The van der Waals surface area contributed by atoms with Gasteiger partial charge in [-0.25, -0.2) is 5.26 Å². The maximum atomic E-state index is 11.3. The number of unbranched alkanes of at least 4 members (excludes halogenated alkanes) is 2. The van der Waals surface area contributed by atoms with Gasteiger partial charge in [0.15, 0.2) is 5.71 Å². The van der Waals surface area contributed by atoms with Crippen LogP contribution in [-0.4, -0.2) is 53.1 Å². The topological polar surface area (TPSA) is 99.3 Å². The molecule has 2 heterocycles. The van der Waals surface area contributed by atoms with Crippen LogP contribution in [0.1, 0.15) is 83.8 Å². The summed E-state index contributed by atoms with van der Waals surface area (Å²) < 4.78 is 38.7. The number of fused-ring (bicyclic) bond motifs is 2. The van der Waals surface area contributed by atoms with Crippen molar-refractivity contribution in [1.82, 2.24) is 0 Å². The van der Waals surface area contributed by atoms with E-state index in [0.29, 0.717) is 25.1 Å². The number of hydrogen-bond donors (Lipinski definition) is 2. The first kappa shape index (κ1) is 37.6. The zero-order valence-corrected chi connectivity index (χ0v) is 31.2. The summed E-state index contributed by atoms with van der Waals surface area (Å²) in [4.78, 5) is 2.42. The van der Waals surface area contributed by atoms with Crippen LogP contribution in [0.5, 0.6) is 0 Å². The highest BCUT2D eigenvalue weighted by atomic mass is 35.5. The highest BCUT2D eigenvalue weighted by Gasteiger charge is 2.44. The van der Waals surface area contributed by atoms with Crippen molar-refractivity contribution in [1.29, 1.82) is 0 Å². The molecule has 0 saturated heterocycles. The fourth-order valence-corrected chi connectivity index (χ4v) is 8.69. The molecule has 0 bridgehead atoms. The number of anilines is 1. The van der Waals surface area contributed by atoms with E-state index in [9.17, 15) is 13.0 Å². The van der Waals surface area contributed by atoms with Crippen molar-refractivity contribution < 1.29 is 32.2 Å². The molecule has 3 aliphatic rings. The summed E-state index contributed by atoms with van der Waals surface area (Å²) in [6.45, 7) is 10.5. The van der Waals surface area contributed by atoms with Gasteiger partial charge in [0.2, 0.25) is 5.69 Å². The molecular weight excluding hydrogens is 680 g/mol. The van der Waals surface area contributed by atoms with E-state index in [1.165, 1.54) is 22.5 Å². The van der Waals surface area contributed by atoms with Gasteiger partial charge in [0.25, 0.3) is 10.1 Å². The van der Waals surface area contributed by atoms with Gasteiger partial charge in [-0.3, -0.25) is 4.55 Å². The first-order chi connectivity index (χ1) is 23.4. The van der Waals surface area contributed by atoms with E-state index in [1.54, 1.807) is 0 Å². The molecule has 0 fully saturated rings. The molecule has 8 nitrogen and oxygen atoms in total. The average Bonchev–Trinajstić information content (AvgIpc) is 3.41. The summed E-state index contributed by atoms with van der Waals surface area (Å²) in [6, 6.07) is 17.0. The number of para-hydroxylation sites is 2. The van der Waals surface area contributed by atoms with Gasteiger partial charge < -0.3 is 4.90 Å². The second-order valence-corrected chi connectivity index (χ2v) is 16.6. The van der Waals surface area contributed by atoms with Crippen molar-refractivity contribution in [3.63, 3.8) is 0 Å². The lowest BCUT2D eigenvalue weighted by Crippen LogP contribution is -2.28. The van der Waals surface area contributed by atoms with Gasteiger partial charge in [-0.05, 0) is 81.2 Å². The second-order valence-electron chi connectivity index (χ2n) is 13.9. The molecule has 0 saturated carbocycles. The number of benzene rings is 2. The molecule has 0 spiro atoms. The second kappa shape index (κ2) is 16.1. The van der Waals surface area contributed by atoms with Crippen molar-refractivity contribution in [2.24, 2.45) is 0 Å². The van der Waals surface area contributed by atoms with Crippen LogP contribution >= 0.6 is 23.6 Å². The minimum Gasteiger partial charge on any atom is -0.344 e. The van der Waals surface area contributed by atoms with Crippen LogP contribution < -0.4 is 4.90 Å². The smallest absolute Gasteiger partial charge is 0.264 e. The summed E-state index contributed by atoms with van der Waals surface area (Å²) >= 11 is 8.27. The molecule has 11 heteroatoms. The highest BCUT2D eigenvalue weighted by molar-refractivity contribution is 7.94. The maximum absolute atomic E-state index is 11.3. The Kier molecular flexibility index (Phi) is 12.3.